The fraction of sp³-hybridized carbons (Fsp3) is 0.538. The Labute approximate surface area is 119 Å². The van der Waals surface area contributed by atoms with Crippen LogP contribution < -0.4 is 10.5 Å². The van der Waals surface area contributed by atoms with E-state index in [2.05, 4.69) is 4.72 Å². The largest absolute Gasteiger partial charge is 0.398 e. The summed E-state index contributed by atoms with van der Waals surface area (Å²) in [6.07, 6.45) is 2.16. The summed E-state index contributed by atoms with van der Waals surface area (Å²) >= 11 is 1.94. The molecule has 0 amide bonds. The molecule has 2 rings (SSSR count). The van der Waals surface area contributed by atoms with Crippen LogP contribution in [0.2, 0.25) is 0 Å². The highest BCUT2D eigenvalue weighted by Crippen LogP contribution is 2.23. The number of nitrogens with two attached hydrogens (primary N) is 1. The fourth-order valence-electron chi connectivity index (χ4n) is 2.17. The molecule has 1 heterocycles. The number of nitrogen functional groups attached to an aromatic ring is 1. The monoisotopic (exact) mass is 300 g/mol. The number of anilines is 1. The molecule has 19 heavy (non-hydrogen) atoms. The molecule has 1 aliphatic rings. The molecule has 106 valence electrons. The van der Waals surface area contributed by atoms with Gasteiger partial charge in [-0.1, -0.05) is 6.07 Å². The van der Waals surface area contributed by atoms with Gasteiger partial charge >= 0.3 is 0 Å². The van der Waals surface area contributed by atoms with Gasteiger partial charge < -0.3 is 5.73 Å². The van der Waals surface area contributed by atoms with E-state index < -0.39 is 10.0 Å². The first-order valence-corrected chi connectivity index (χ1v) is 9.06. The van der Waals surface area contributed by atoms with Crippen LogP contribution in [-0.2, 0) is 10.0 Å². The third-order valence-corrected chi connectivity index (χ3v) is 5.90. The molecule has 0 unspecified atom stereocenters. The molecular weight excluding hydrogens is 280 g/mol. The molecule has 1 aliphatic heterocycles. The molecular formula is C13H20N2O2S2. The van der Waals surface area contributed by atoms with Gasteiger partial charge in [0.2, 0.25) is 10.0 Å². The third kappa shape index (κ3) is 3.87. The van der Waals surface area contributed by atoms with Crippen LogP contribution in [0.4, 0.5) is 5.69 Å². The Bertz CT molecular complexity index is 538. The zero-order valence-corrected chi connectivity index (χ0v) is 12.7. The molecule has 1 aromatic carbocycles. The summed E-state index contributed by atoms with van der Waals surface area (Å²) in [7, 11) is -3.49. The van der Waals surface area contributed by atoms with Crippen molar-refractivity contribution in [3.8, 4) is 0 Å². The maximum absolute atomic E-state index is 12.2. The van der Waals surface area contributed by atoms with Crippen LogP contribution in [0, 0.1) is 12.8 Å². The summed E-state index contributed by atoms with van der Waals surface area (Å²) in [6.45, 7) is 2.40. The quantitative estimate of drug-likeness (QED) is 0.834. The number of nitrogens with one attached hydrogen (secondary N) is 1. The summed E-state index contributed by atoms with van der Waals surface area (Å²) in [5.74, 6) is 2.70. The van der Waals surface area contributed by atoms with Gasteiger partial charge in [0, 0.05) is 6.54 Å². The van der Waals surface area contributed by atoms with Crippen LogP contribution in [0.25, 0.3) is 0 Å². The van der Waals surface area contributed by atoms with E-state index in [-0.39, 0.29) is 4.90 Å². The van der Waals surface area contributed by atoms with Gasteiger partial charge in [-0.15, -0.1) is 0 Å². The number of hydrogen-bond donors (Lipinski definition) is 2. The number of benzene rings is 1. The predicted octanol–water partition coefficient (Wildman–Crippen LogP) is 2.00. The Morgan fingerprint density at radius 3 is 2.68 bits per heavy atom. The average molecular weight is 300 g/mol. The van der Waals surface area contributed by atoms with Gasteiger partial charge in [-0.3, -0.25) is 0 Å². The molecule has 3 N–H and O–H groups in total. The summed E-state index contributed by atoms with van der Waals surface area (Å²) in [5.41, 5.74) is 7.06. The fourth-order valence-corrected chi connectivity index (χ4v) is 4.60. The van der Waals surface area contributed by atoms with Crippen LogP contribution >= 0.6 is 11.8 Å². The van der Waals surface area contributed by atoms with Gasteiger partial charge in [0.1, 0.15) is 4.90 Å². The van der Waals surface area contributed by atoms with E-state index in [1.165, 1.54) is 0 Å². The van der Waals surface area contributed by atoms with Gasteiger partial charge in [-0.05, 0) is 54.9 Å². The zero-order chi connectivity index (χ0) is 13.9. The van der Waals surface area contributed by atoms with Crippen LogP contribution in [0.3, 0.4) is 0 Å². The highest BCUT2D eigenvalue weighted by molar-refractivity contribution is 7.99. The van der Waals surface area contributed by atoms with E-state index in [4.69, 9.17) is 5.73 Å². The van der Waals surface area contributed by atoms with Gasteiger partial charge in [-0.25, -0.2) is 13.1 Å². The molecule has 6 heteroatoms. The normalized spacial score (nSPS) is 17.5. The number of rotatable bonds is 4. The lowest BCUT2D eigenvalue weighted by Crippen LogP contribution is -2.31. The SMILES string of the molecule is Cc1ccc(S(=O)(=O)NCC2CCSCC2)c(N)c1. The number of aryl methyl sites for hydroxylation is 1. The van der Waals surface area contributed by atoms with Crippen molar-refractivity contribution in [1.82, 2.24) is 4.72 Å². The van der Waals surface area contributed by atoms with E-state index in [0.717, 1.165) is 29.9 Å². The smallest absolute Gasteiger partial charge is 0.242 e. The lowest BCUT2D eigenvalue weighted by atomic mass is 10.0. The molecule has 1 fully saturated rings. The summed E-state index contributed by atoms with van der Waals surface area (Å²) in [6, 6.07) is 5.03. The summed E-state index contributed by atoms with van der Waals surface area (Å²) in [4.78, 5) is 0.184. The van der Waals surface area contributed by atoms with Crippen molar-refractivity contribution >= 4 is 27.5 Å². The molecule has 0 radical (unpaired) electrons. The van der Waals surface area contributed by atoms with Gasteiger partial charge in [0.05, 0.1) is 5.69 Å². The standard InChI is InChI=1S/C13H20N2O2S2/c1-10-2-3-13(12(14)8-10)19(16,17)15-9-11-4-6-18-7-5-11/h2-3,8,11,15H,4-7,9,14H2,1H3. The Morgan fingerprint density at radius 2 is 2.05 bits per heavy atom. The first kappa shape index (κ1) is 14.7. The van der Waals surface area contributed by atoms with E-state index in [1.54, 1.807) is 18.2 Å². The topological polar surface area (TPSA) is 72.2 Å². The van der Waals surface area contributed by atoms with Crippen molar-refractivity contribution in [2.75, 3.05) is 23.8 Å². The van der Waals surface area contributed by atoms with Crippen molar-refractivity contribution in [2.24, 2.45) is 5.92 Å². The Hall–Kier alpha value is -0.720. The second-order valence-corrected chi connectivity index (χ2v) is 7.91. The molecule has 1 saturated heterocycles. The molecule has 0 bridgehead atoms. The van der Waals surface area contributed by atoms with Crippen LogP contribution in [0.5, 0.6) is 0 Å². The molecule has 4 nitrogen and oxygen atoms in total. The van der Waals surface area contributed by atoms with Gasteiger partial charge in [0.25, 0.3) is 0 Å². The first-order valence-electron chi connectivity index (χ1n) is 6.42. The summed E-state index contributed by atoms with van der Waals surface area (Å²) < 4.78 is 27.1. The Kier molecular flexibility index (Phi) is 4.76. The number of sulfonamides is 1. The van der Waals surface area contributed by atoms with Crippen LogP contribution in [0.15, 0.2) is 23.1 Å². The molecule has 0 aliphatic carbocycles. The molecule has 0 atom stereocenters. The van der Waals surface area contributed by atoms with Crippen LogP contribution in [-0.4, -0.2) is 26.5 Å². The second-order valence-electron chi connectivity index (χ2n) is 4.95. The van der Waals surface area contributed by atoms with Crippen molar-refractivity contribution < 1.29 is 8.42 Å². The van der Waals surface area contributed by atoms with Crippen molar-refractivity contribution in [1.29, 1.82) is 0 Å². The molecule has 1 aromatic rings. The maximum atomic E-state index is 12.2. The lowest BCUT2D eigenvalue weighted by Gasteiger charge is -2.21. The van der Waals surface area contributed by atoms with Crippen LogP contribution in [0.1, 0.15) is 18.4 Å². The van der Waals surface area contributed by atoms with E-state index >= 15 is 0 Å². The van der Waals surface area contributed by atoms with E-state index in [9.17, 15) is 8.42 Å². The van der Waals surface area contributed by atoms with Crippen molar-refractivity contribution in [2.45, 2.75) is 24.7 Å². The maximum Gasteiger partial charge on any atom is 0.242 e. The predicted molar refractivity (Wildman–Crippen MR) is 80.8 cm³/mol. The zero-order valence-electron chi connectivity index (χ0n) is 11.1. The summed E-state index contributed by atoms with van der Waals surface area (Å²) in [5, 5.41) is 0. The minimum atomic E-state index is -3.49. The average Bonchev–Trinajstić information content (AvgIpc) is 2.37. The Morgan fingerprint density at radius 1 is 1.37 bits per heavy atom. The third-order valence-electron chi connectivity index (χ3n) is 3.36. The van der Waals surface area contributed by atoms with Crippen molar-refractivity contribution in [3.63, 3.8) is 0 Å². The van der Waals surface area contributed by atoms with Crippen molar-refractivity contribution in [3.05, 3.63) is 23.8 Å². The highest BCUT2D eigenvalue weighted by Gasteiger charge is 2.20. The van der Waals surface area contributed by atoms with E-state index in [0.29, 0.717) is 18.2 Å². The molecule has 0 spiro atoms. The first-order chi connectivity index (χ1) is 8.99. The Balaban J connectivity index is 2.05. The molecule has 0 aromatic heterocycles. The minimum Gasteiger partial charge on any atom is -0.398 e. The van der Waals surface area contributed by atoms with E-state index in [1.807, 2.05) is 18.7 Å². The van der Waals surface area contributed by atoms with Gasteiger partial charge in [-0.2, -0.15) is 11.8 Å². The number of hydrogen-bond acceptors (Lipinski definition) is 4. The second kappa shape index (κ2) is 6.15. The van der Waals surface area contributed by atoms with Gasteiger partial charge in [0.15, 0.2) is 0 Å². The highest BCUT2D eigenvalue weighted by atomic mass is 32.2. The number of thioether (sulfide) groups is 1. The minimum absolute atomic E-state index is 0.184. The molecule has 0 saturated carbocycles. The lowest BCUT2D eigenvalue weighted by molar-refractivity contribution is 0.477.